The molecule has 1 aliphatic carbocycles. The Labute approximate surface area is 166 Å². The molecule has 2 aliphatic rings. The molecule has 1 atom stereocenters. The van der Waals surface area contributed by atoms with Gasteiger partial charge in [0.15, 0.2) is 0 Å². The van der Waals surface area contributed by atoms with Gasteiger partial charge in [-0.3, -0.25) is 4.79 Å². The minimum atomic E-state index is -0.167. The molecule has 0 radical (unpaired) electrons. The largest absolute Gasteiger partial charge is 0.496 e. The lowest BCUT2D eigenvalue weighted by atomic mass is 9.95. The highest BCUT2D eigenvalue weighted by molar-refractivity contribution is 5.80. The fourth-order valence-electron chi connectivity index (χ4n) is 3.81. The van der Waals surface area contributed by atoms with Gasteiger partial charge in [0.25, 0.3) is 0 Å². The van der Waals surface area contributed by atoms with Crippen molar-refractivity contribution in [2.45, 2.75) is 38.8 Å². The lowest BCUT2D eigenvalue weighted by Gasteiger charge is -2.31. The first-order chi connectivity index (χ1) is 13.7. The van der Waals surface area contributed by atoms with E-state index < -0.39 is 0 Å². The molecule has 1 unspecified atom stereocenters. The summed E-state index contributed by atoms with van der Waals surface area (Å²) in [7, 11) is 1.67. The fourth-order valence-corrected chi connectivity index (χ4v) is 3.81. The number of fused-ring (bicyclic) bond motifs is 1. The zero-order valence-electron chi connectivity index (χ0n) is 16.5. The van der Waals surface area contributed by atoms with Crippen LogP contribution in [0.25, 0.3) is 0 Å². The predicted molar refractivity (Wildman–Crippen MR) is 107 cm³/mol. The molecule has 2 aromatic rings. The number of carbonyl (C=O) groups is 1. The molecule has 1 fully saturated rings. The normalized spacial score (nSPS) is 18.0. The van der Waals surface area contributed by atoms with Crippen LogP contribution >= 0.6 is 0 Å². The number of carbonyl (C=O) groups excluding carboxylic acids is 1. The van der Waals surface area contributed by atoms with Gasteiger partial charge < -0.3 is 19.1 Å². The Morgan fingerprint density at radius 2 is 2.04 bits per heavy atom. The zero-order valence-corrected chi connectivity index (χ0v) is 16.5. The van der Waals surface area contributed by atoms with Crippen LogP contribution in [-0.2, 0) is 17.8 Å². The molecule has 2 aromatic carbocycles. The molecule has 4 rings (SSSR count). The van der Waals surface area contributed by atoms with Crippen molar-refractivity contribution >= 4 is 5.91 Å². The summed E-state index contributed by atoms with van der Waals surface area (Å²) in [5.41, 5.74) is 2.09. The summed E-state index contributed by atoms with van der Waals surface area (Å²) in [5, 5.41) is 0. The maximum absolute atomic E-state index is 13.4. The standard InChI is InChI=1S/C23H27NO4/c1-3-27-20-10-11-22-17(13-20)12-18(15-28-22)23(25)24(19-8-9-19)14-16-6-4-5-7-21(16)26-2/h4-7,10-11,13,18-19H,3,8-9,12,14-15H2,1-2H3. The molecule has 0 N–H and O–H groups in total. The highest BCUT2D eigenvalue weighted by atomic mass is 16.5. The lowest BCUT2D eigenvalue weighted by molar-refractivity contribution is -0.138. The van der Waals surface area contributed by atoms with Crippen molar-refractivity contribution in [2.75, 3.05) is 20.3 Å². The molecule has 1 amide bonds. The van der Waals surface area contributed by atoms with Gasteiger partial charge in [-0.15, -0.1) is 0 Å². The van der Waals surface area contributed by atoms with Gasteiger partial charge in [0.1, 0.15) is 23.9 Å². The van der Waals surface area contributed by atoms with Gasteiger partial charge in [-0.1, -0.05) is 18.2 Å². The second kappa shape index (κ2) is 8.13. The van der Waals surface area contributed by atoms with E-state index in [9.17, 15) is 4.79 Å². The number of hydrogen-bond acceptors (Lipinski definition) is 4. The third-order valence-corrected chi connectivity index (χ3v) is 5.40. The molecule has 0 spiro atoms. The Kier molecular flexibility index (Phi) is 5.42. The second-order valence-corrected chi connectivity index (χ2v) is 7.42. The summed E-state index contributed by atoms with van der Waals surface area (Å²) in [6.07, 6.45) is 2.82. The van der Waals surface area contributed by atoms with Crippen LogP contribution in [0, 0.1) is 5.92 Å². The SMILES string of the molecule is CCOc1ccc2c(c1)CC(C(=O)N(Cc1ccccc1OC)C1CC1)CO2. The van der Waals surface area contributed by atoms with Crippen LogP contribution in [0.2, 0.25) is 0 Å². The molecule has 28 heavy (non-hydrogen) atoms. The first kappa shape index (κ1) is 18.7. The first-order valence-corrected chi connectivity index (χ1v) is 10.0. The van der Waals surface area contributed by atoms with Crippen molar-refractivity contribution < 1.29 is 19.0 Å². The smallest absolute Gasteiger partial charge is 0.230 e. The lowest BCUT2D eigenvalue weighted by Crippen LogP contribution is -2.41. The van der Waals surface area contributed by atoms with Crippen LogP contribution in [-0.4, -0.2) is 37.2 Å². The molecule has 148 valence electrons. The Morgan fingerprint density at radius 3 is 2.79 bits per heavy atom. The van der Waals surface area contributed by atoms with E-state index in [0.29, 0.717) is 32.2 Å². The van der Waals surface area contributed by atoms with Gasteiger partial charge in [-0.25, -0.2) is 0 Å². The van der Waals surface area contributed by atoms with Gasteiger partial charge in [-0.05, 0) is 56.0 Å². The maximum atomic E-state index is 13.4. The average Bonchev–Trinajstić information content (AvgIpc) is 3.56. The summed E-state index contributed by atoms with van der Waals surface area (Å²) in [4.78, 5) is 15.4. The van der Waals surface area contributed by atoms with Crippen molar-refractivity contribution in [3.63, 3.8) is 0 Å². The van der Waals surface area contributed by atoms with Gasteiger partial charge >= 0.3 is 0 Å². The molecular weight excluding hydrogens is 354 g/mol. The zero-order chi connectivity index (χ0) is 19.5. The monoisotopic (exact) mass is 381 g/mol. The van der Waals surface area contributed by atoms with Gasteiger partial charge in [0.05, 0.1) is 19.6 Å². The molecule has 0 aromatic heterocycles. The Bertz CT molecular complexity index is 846. The van der Waals surface area contributed by atoms with Crippen molar-refractivity contribution in [3.8, 4) is 17.2 Å². The molecule has 1 saturated carbocycles. The number of para-hydroxylation sites is 1. The summed E-state index contributed by atoms with van der Waals surface area (Å²) in [6, 6.07) is 14.1. The molecular formula is C23H27NO4. The number of rotatable bonds is 7. The van der Waals surface area contributed by atoms with Gasteiger partial charge in [0.2, 0.25) is 5.91 Å². The Balaban J connectivity index is 1.51. The number of hydrogen-bond donors (Lipinski definition) is 0. The van der Waals surface area contributed by atoms with Crippen LogP contribution in [0.1, 0.15) is 30.9 Å². The van der Waals surface area contributed by atoms with Crippen molar-refractivity contribution in [1.29, 1.82) is 0 Å². The minimum Gasteiger partial charge on any atom is -0.496 e. The second-order valence-electron chi connectivity index (χ2n) is 7.42. The first-order valence-electron chi connectivity index (χ1n) is 10.0. The van der Waals surface area contributed by atoms with Crippen LogP contribution in [0.3, 0.4) is 0 Å². The predicted octanol–water partition coefficient (Wildman–Crippen LogP) is 3.84. The van der Waals surface area contributed by atoms with E-state index in [2.05, 4.69) is 0 Å². The Morgan fingerprint density at radius 1 is 1.21 bits per heavy atom. The molecule has 5 nitrogen and oxygen atoms in total. The molecule has 5 heteroatoms. The van der Waals surface area contributed by atoms with Crippen LogP contribution in [0.4, 0.5) is 0 Å². The molecule has 1 heterocycles. The van der Waals surface area contributed by atoms with E-state index in [1.807, 2.05) is 54.3 Å². The minimum absolute atomic E-state index is 0.167. The topological polar surface area (TPSA) is 48.0 Å². The van der Waals surface area contributed by atoms with Crippen molar-refractivity contribution in [2.24, 2.45) is 5.92 Å². The van der Waals surface area contributed by atoms with Crippen LogP contribution in [0.5, 0.6) is 17.2 Å². The third-order valence-electron chi connectivity index (χ3n) is 5.40. The molecule has 1 aliphatic heterocycles. The van der Waals surface area contributed by atoms with E-state index in [1.165, 1.54) is 0 Å². The highest BCUT2D eigenvalue weighted by Gasteiger charge is 2.38. The summed E-state index contributed by atoms with van der Waals surface area (Å²) in [6.45, 7) is 3.59. The van der Waals surface area contributed by atoms with E-state index >= 15 is 0 Å². The summed E-state index contributed by atoms with van der Waals surface area (Å²) >= 11 is 0. The average molecular weight is 381 g/mol. The van der Waals surface area contributed by atoms with Gasteiger partial charge in [0, 0.05) is 18.2 Å². The van der Waals surface area contributed by atoms with Crippen molar-refractivity contribution in [1.82, 2.24) is 4.90 Å². The summed E-state index contributed by atoms with van der Waals surface area (Å²) in [5.74, 6) is 2.51. The number of methoxy groups -OCH3 is 1. The molecule has 0 bridgehead atoms. The quantitative estimate of drug-likeness (QED) is 0.731. The maximum Gasteiger partial charge on any atom is 0.230 e. The summed E-state index contributed by atoms with van der Waals surface area (Å²) < 4.78 is 17.0. The number of benzene rings is 2. The van der Waals surface area contributed by atoms with Crippen molar-refractivity contribution in [3.05, 3.63) is 53.6 Å². The number of nitrogens with zero attached hydrogens (tertiary/aromatic N) is 1. The van der Waals surface area contributed by atoms with E-state index in [4.69, 9.17) is 14.2 Å². The van der Waals surface area contributed by atoms with Crippen LogP contribution < -0.4 is 14.2 Å². The Hall–Kier alpha value is -2.69. The van der Waals surface area contributed by atoms with E-state index in [0.717, 1.165) is 41.2 Å². The van der Waals surface area contributed by atoms with Crippen LogP contribution in [0.15, 0.2) is 42.5 Å². The molecule has 0 saturated heterocycles. The number of ether oxygens (including phenoxy) is 3. The van der Waals surface area contributed by atoms with E-state index in [-0.39, 0.29) is 11.8 Å². The third kappa shape index (κ3) is 3.93. The number of amides is 1. The van der Waals surface area contributed by atoms with Gasteiger partial charge in [-0.2, -0.15) is 0 Å². The fraction of sp³-hybridized carbons (Fsp3) is 0.435. The highest BCUT2D eigenvalue weighted by Crippen LogP contribution is 2.35. The van der Waals surface area contributed by atoms with E-state index in [1.54, 1.807) is 7.11 Å².